The van der Waals surface area contributed by atoms with Crippen molar-refractivity contribution in [3.63, 3.8) is 0 Å². The largest absolute Gasteiger partial charge is 0.479 e. The van der Waals surface area contributed by atoms with Crippen LogP contribution in [0.3, 0.4) is 0 Å². The Hall–Kier alpha value is -1.13. The molecular weight excluding hydrogens is 177 g/mol. The molecule has 0 aromatic heterocycles. The first-order valence-corrected chi connectivity index (χ1v) is 4.15. The quantitative estimate of drug-likeness (QED) is 0.623. The molecule has 1 aliphatic carbocycles. The van der Waals surface area contributed by atoms with Crippen molar-refractivity contribution >= 4 is 11.9 Å². The van der Waals surface area contributed by atoms with Gasteiger partial charge in [-0.2, -0.15) is 0 Å². The van der Waals surface area contributed by atoms with Gasteiger partial charge in [-0.1, -0.05) is 0 Å². The number of alkyl halides is 1. The van der Waals surface area contributed by atoms with Gasteiger partial charge in [-0.3, -0.25) is 4.79 Å². The average molecular weight is 187 g/mol. The Morgan fingerprint density at radius 1 is 1.46 bits per heavy atom. The molecule has 2 fully saturated rings. The van der Waals surface area contributed by atoms with Gasteiger partial charge in [0.1, 0.15) is 0 Å². The molecule has 5 heteroatoms. The van der Waals surface area contributed by atoms with Gasteiger partial charge < -0.3 is 10.0 Å². The first-order chi connectivity index (χ1) is 5.98. The maximum atomic E-state index is 13.4. The third-order valence-corrected chi connectivity index (χ3v) is 3.06. The molecular formula is C8H10FNO3. The molecule has 2 rings (SSSR count). The van der Waals surface area contributed by atoms with Gasteiger partial charge in [0.05, 0.1) is 0 Å². The molecule has 72 valence electrons. The van der Waals surface area contributed by atoms with Crippen LogP contribution in [-0.2, 0) is 9.59 Å². The summed E-state index contributed by atoms with van der Waals surface area (Å²) in [4.78, 5) is 22.8. The fourth-order valence-electron chi connectivity index (χ4n) is 2.14. The zero-order chi connectivity index (χ0) is 9.80. The number of carbonyl (C=O) groups is 2. The normalized spacial score (nSPS) is 41.5. The van der Waals surface area contributed by atoms with E-state index < -0.39 is 23.5 Å². The first kappa shape index (κ1) is 8.47. The predicted octanol–water partition coefficient (Wildman–Crippen LogP) is -0.113. The second kappa shape index (κ2) is 2.21. The van der Waals surface area contributed by atoms with Crippen LogP contribution >= 0.6 is 0 Å². The van der Waals surface area contributed by atoms with Crippen LogP contribution in [0.15, 0.2) is 0 Å². The molecule has 1 saturated heterocycles. The number of halogens is 1. The molecule has 3 atom stereocenters. The van der Waals surface area contributed by atoms with Gasteiger partial charge in [0.15, 0.2) is 0 Å². The molecule has 4 nitrogen and oxygen atoms in total. The summed E-state index contributed by atoms with van der Waals surface area (Å²) in [5, 5.41) is 8.56. The SMILES string of the molecule is CC(=O)N1C[C@@H]2[C@H](C1)C2(F)C(=O)O. The lowest BCUT2D eigenvalue weighted by Gasteiger charge is -2.18. The molecule has 13 heavy (non-hydrogen) atoms. The molecule has 1 amide bonds. The Bertz CT molecular complexity index is 279. The Kier molecular flexibility index (Phi) is 1.44. The van der Waals surface area contributed by atoms with Crippen molar-refractivity contribution in [2.75, 3.05) is 13.1 Å². The fourth-order valence-corrected chi connectivity index (χ4v) is 2.14. The average Bonchev–Trinajstić information content (AvgIpc) is 2.49. The topological polar surface area (TPSA) is 57.6 Å². The van der Waals surface area contributed by atoms with E-state index >= 15 is 0 Å². The van der Waals surface area contributed by atoms with Gasteiger partial charge in [-0.05, 0) is 0 Å². The Labute approximate surface area is 74.3 Å². The number of amides is 1. The van der Waals surface area contributed by atoms with Crippen LogP contribution in [-0.4, -0.2) is 40.6 Å². The number of fused-ring (bicyclic) bond motifs is 1. The lowest BCUT2D eigenvalue weighted by Crippen LogP contribution is -2.36. The molecule has 0 bridgehead atoms. The standard InChI is InChI=1S/C8H10FNO3/c1-4(11)10-2-5-6(3-10)8(5,9)7(12)13/h5-6H,2-3H2,1H3,(H,12,13)/t5-,6+,8?. The van der Waals surface area contributed by atoms with Crippen molar-refractivity contribution in [2.24, 2.45) is 11.8 Å². The van der Waals surface area contributed by atoms with E-state index in [0.717, 1.165) is 0 Å². The van der Waals surface area contributed by atoms with E-state index in [1.54, 1.807) is 0 Å². The van der Waals surface area contributed by atoms with Gasteiger partial charge in [0.2, 0.25) is 11.6 Å². The number of rotatable bonds is 1. The molecule has 0 aromatic carbocycles. The number of hydrogen-bond acceptors (Lipinski definition) is 2. The minimum absolute atomic E-state index is 0.111. The molecule has 1 saturated carbocycles. The minimum Gasteiger partial charge on any atom is -0.479 e. The highest BCUT2D eigenvalue weighted by Crippen LogP contribution is 2.58. The highest BCUT2D eigenvalue weighted by Gasteiger charge is 2.75. The number of likely N-dealkylation sites (tertiary alicyclic amines) is 1. The van der Waals surface area contributed by atoms with E-state index in [9.17, 15) is 14.0 Å². The number of carboxylic acid groups (broad SMARTS) is 1. The second-order valence-corrected chi connectivity index (χ2v) is 3.71. The minimum atomic E-state index is -2.05. The molecule has 1 aliphatic heterocycles. The molecule has 1 unspecified atom stereocenters. The monoisotopic (exact) mass is 187 g/mol. The number of piperidine rings is 1. The highest BCUT2D eigenvalue weighted by molar-refractivity contribution is 5.84. The van der Waals surface area contributed by atoms with Crippen LogP contribution in [0.2, 0.25) is 0 Å². The van der Waals surface area contributed by atoms with Crippen molar-refractivity contribution in [1.29, 1.82) is 0 Å². The third kappa shape index (κ3) is 0.897. The van der Waals surface area contributed by atoms with Crippen molar-refractivity contribution in [3.05, 3.63) is 0 Å². The lowest BCUT2D eigenvalue weighted by atomic mass is 10.2. The van der Waals surface area contributed by atoms with Crippen LogP contribution in [0.25, 0.3) is 0 Å². The van der Waals surface area contributed by atoms with E-state index in [-0.39, 0.29) is 19.0 Å². The molecule has 1 N–H and O–H groups in total. The van der Waals surface area contributed by atoms with Crippen LogP contribution in [0.5, 0.6) is 0 Å². The summed E-state index contributed by atoms with van der Waals surface area (Å²) in [5.41, 5.74) is -2.05. The zero-order valence-corrected chi connectivity index (χ0v) is 7.16. The van der Waals surface area contributed by atoms with E-state index in [1.165, 1.54) is 11.8 Å². The van der Waals surface area contributed by atoms with E-state index in [2.05, 4.69) is 0 Å². The van der Waals surface area contributed by atoms with Crippen molar-refractivity contribution in [2.45, 2.75) is 12.6 Å². The molecule has 0 radical (unpaired) electrons. The second-order valence-electron chi connectivity index (χ2n) is 3.71. The van der Waals surface area contributed by atoms with E-state index in [1.807, 2.05) is 0 Å². The number of carboxylic acids is 1. The van der Waals surface area contributed by atoms with Crippen LogP contribution in [0.1, 0.15) is 6.92 Å². The molecule has 0 spiro atoms. The number of aliphatic carboxylic acids is 1. The lowest BCUT2D eigenvalue weighted by molar-refractivity contribution is -0.147. The van der Waals surface area contributed by atoms with Gasteiger partial charge in [-0.15, -0.1) is 0 Å². The first-order valence-electron chi connectivity index (χ1n) is 4.15. The molecule has 1 heterocycles. The number of carbonyl (C=O) groups excluding carboxylic acids is 1. The Morgan fingerprint density at radius 3 is 2.23 bits per heavy atom. The summed E-state index contributed by atoms with van der Waals surface area (Å²) in [6.07, 6.45) is 0. The van der Waals surface area contributed by atoms with Crippen molar-refractivity contribution in [3.8, 4) is 0 Å². The van der Waals surface area contributed by atoms with E-state index in [4.69, 9.17) is 5.11 Å². The van der Waals surface area contributed by atoms with Crippen molar-refractivity contribution < 1.29 is 19.1 Å². The third-order valence-electron chi connectivity index (χ3n) is 3.06. The molecule has 0 aromatic rings. The van der Waals surface area contributed by atoms with Crippen LogP contribution in [0.4, 0.5) is 4.39 Å². The van der Waals surface area contributed by atoms with E-state index in [0.29, 0.717) is 0 Å². The summed E-state index contributed by atoms with van der Waals surface area (Å²) < 4.78 is 13.4. The van der Waals surface area contributed by atoms with Gasteiger partial charge in [0, 0.05) is 31.8 Å². The smallest absolute Gasteiger partial charge is 0.342 e. The summed E-state index contributed by atoms with van der Waals surface area (Å²) in [6.45, 7) is 1.91. The molecule has 2 aliphatic rings. The number of hydrogen-bond donors (Lipinski definition) is 1. The van der Waals surface area contributed by atoms with Crippen LogP contribution < -0.4 is 0 Å². The summed E-state index contributed by atoms with van der Waals surface area (Å²) in [5.74, 6) is -2.45. The Morgan fingerprint density at radius 2 is 1.92 bits per heavy atom. The highest BCUT2D eigenvalue weighted by atomic mass is 19.1. The summed E-state index contributed by atoms with van der Waals surface area (Å²) in [7, 11) is 0. The summed E-state index contributed by atoms with van der Waals surface area (Å²) >= 11 is 0. The van der Waals surface area contributed by atoms with Gasteiger partial charge in [-0.25, -0.2) is 9.18 Å². The fraction of sp³-hybridized carbons (Fsp3) is 0.750. The van der Waals surface area contributed by atoms with Crippen LogP contribution in [0, 0.1) is 11.8 Å². The zero-order valence-electron chi connectivity index (χ0n) is 7.16. The maximum absolute atomic E-state index is 13.4. The van der Waals surface area contributed by atoms with Gasteiger partial charge in [0.25, 0.3) is 0 Å². The number of nitrogens with zero attached hydrogens (tertiary/aromatic N) is 1. The Balaban J connectivity index is 2.05. The predicted molar refractivity (Wildman–Crippen MR) is 40.7 cm³/mol. The van der Waals surface area contributed by atoms with Gasteiger partial charge >= 0.3 is 5.97 Å². The summed E-state index contributed by atoms with van der Waals surface area (Å²) in [6, 6.07) is 0. The maximum Gasteiger partial charge on any atom is 0.342 e. The van der Waals surface area contributed by atoms with Crippen molar-refractivity contribution in [1.82, 2.24) is 4.90 Å².